The van der Waals surface area contributed by atoms with E-state index in [2.05, 4.69) is 15.2 Å². The summed E-state index contributed by atoms with van der Waals surface area (Å²) in [4.78, 5) is 34.6. The van der Waals surface area contributed by atoms with E-state index >= 15 is 0 Å². The highest BCUT2D eigenvalue weighted by atomic mass is 16.2. The van der Waals surface area contributed by atoms with Crippen LogP contribution >= 0.6 is 0 Å². The number of hydrogen-bond donors (Lipinski definition) is 1. The third-order valence-corrected chi connectivity index (χ3v) is 8.20. The molecule has 210 valence electrons. The number of hydrogen-bond acceptors (Lipinski definition) is 5. The van der Waals surface area contributed by atoms with Crippen molar-refractivity contribution in [2.75, 3.05) is 26.2 Å². The maximum absolute atomic E-state index is 13.7. The van der Waals surface area contributed by atoms with Crippen LogP contribution in [-0.2, 0) is 11.3 Å². The summed E-state index contributed by atoms with van der Waals surface area (Å²) in [6, 6.07) is 20.1. The fourth-order valence-corrected chi connectivity index (χ4v) is 5.94. The number of amides is 2. The van der Waals surface area contributed by atoms with Gasteiger partial charge in [-0.15, -0.1) is 0 Å². The summed E-state index contributed by atoms with van der Waals surface area (Å²) >= 11 is 0. The summed E-state index contributed by atoms with van der Waals surface area (Å²) in [5.74, 6) is -0.159. The van der Waals surface area contributed by atoms with Gasteiger partial charge in [-0.1, -0.05) is 42.8 Å². The molecule has 0 saturated carbocycles. The number of carbonyl (C=O) groups is 2. The zero-order valence-electron chi connectivity index (χ0n) is 23.3. The quantitative estimate of drug-likeness (QED) is 0.334. The molecule has 41 heavy (non-hydrogen) atoms. The van der Waals surface area contributed by atoms with Crippen LogP contribution in [0.25, 0.3) is 22.7 Å². The molecule has 4 aromatic rings. The van der Waals surface area contributed by atoms with Crippen molar-refractivity contribution >= 4 is 28.8 Å². The minimum atomic E-state index is -0.167. The summed E-state index contributed by atoms with van der Waals surface area (Å²) in [5.41, 5.74) is 4.12. The first kappa shape index (κ1) is 26.9. The summed E-state index contributed by atoms with van der Waals surface area (Å²) < 4.78 is 1.84. The Hall–Kier alpha value is -4.30. The Morgan fingerprint density at radius 2 is 1.68 bits per heavy atom. The van der Waals surface area contributed by atoms with E-state index in [1.165, 1.54) is 38.4 Å². The zero-order valence-corrected chi connectivity index (χ0v) is 23.3. The van der Waals surface area contributed by atoms with Gasteiger partial charge in [0.25, 0.3) is 5.91 Å². The lowest BCUT2D eigenvalue weighted by atomic mass is 9.99. The second-order valence-corrected chi connectivity index (χ2v) is 10.9. The predicted molar refractivity (Wildman–Crippen MR) is 161 cm³/mol. The maximum Gasteiger partial charge on any atom is 0.275 e. The number of nitrogens with one attached hydrogen (secondary N) is 1. The summed E-state index contributed by atoms with van der Waals surface area (Å²) in [5, 5.41) is 8.56. The van der Waals surface area contributed by atoms with E-state index in [1.54, 1.807) is 18.5 Å². The van der Waals surface area contributed by atoms with E-state index in [1.807, 2.05) is 70.2 Å². The molecule has 2 aliphatic heterocycles. The lowest BCUT2D eigenvalue weighted by Crippen LogP contribution is -2.48. The van der Waals surface area contributed by atoms with Crippen molar-refractivity contribution in [2.24, 2.45) is 0 Å². The average molecular weight is 549 g/mol. The molecule has 0 unspecified atom stereocenters. The van der Waals surface area contributed by atoms with Crippen LogP contribution in [0.1, 0.15) is 53.7 Å². The number of benzene rings is 2. The molecule has 4 heterocycles. The standard InChI is InChI=1S/C33H36N6O2/c40-31(35-24-26-7-6-18-34-23-26)15-12-25-10-13-28(14-11-25)39-30-9-3-2-8-29(30)32(36-39)33(41)38-21-16-27(17-22-38)37-19-4-1-5-20-37/h2-3,6-15,18,23,27H,1,4-5,16-17,19-22,24H2,(H,35,40)/b15-12+. The summed E-state index contributed by atoms with van der Waals surface area (Å²) in [7, 11) is 0. The number of carbonyl (C=O) groups excluding carboxylic acids is 2. The van der Waals surface area contributed by atoms with Crippen molar-refractivity contribution in [1.29, 1.82) is 0 Å². The molecule has 2 amide bonds. The maximum atomic E-state index is 13.7. The Kier molecular flexibility index (Phi) is 8.18. The van der Waals surface area contributed by atoms with Crippen LogP contribution in [0.2, 0.25) is 0 Å². The molecular weight excluding hydrogens is 512 g/mol. The van der Waals surface area contributed by atoms with Gasteiger partial charge in [-0.25, -0.2) is 4.68 Å². The van der Waals surface area contributed by atoms with Gasteiger partial charge in [0.2, 0.25) is 5.91 Å². The summed E-state index contributed by atoms with van der Waals surface area (Å²) in [6.07, 6.45) is 12.7. The molecule has 8 heteroatoms. The van der Waals surface area contributed by atoms with E-state index in [-0.39, 0.29) is 11.8 Å². The lowest BCUT2D eigenvalue weighted by molar-refractivity contribution is -0.116. The number of likely N-dealkylation sites (tertiary alicyclic amines) is 2. The monoisotopic (exact) mass is 548 g/mol. The van der Waals surface area contributed by atoms with Crippen LogP contribution < -0.4 is 5.32 Å². The number of fused-ring (bicyclic) bond motifs is 1. The number of para-hydroxylation sites is 1. The average Bonchev–Trinajstić information content (AvgIpc) is 3.43. The highest BCUT2D eigenvalue weighted by molar-refractivity contribution is 6.05. The molecule has 0 aliphatic carbocycles. The van der Waals surface area contributed by atoms with Crippen LogP contribution in [-0.4, -0.2) is 68.6 Å². The van der Waals surface area contributed by atoms with Gasteiger partial charge in [0, 0.05) is 49.5 Å². The normalized spacial score (nSPS) is 16.8. The van der Waals surface area contributed by atoms with Crippen LogP contribution in [0.5, 0.6) is 0 Å². The van der Waals surface area contributed by atoms with E-state index < -0.39 is 0 Å². The first-order valence-electron chi connectivity index (χ1n) is 14.6. The van der Waals surface area contributed by atoms with Crippen molar-refractivity contribution in [1.82, 2.24) is 29.9 Å². The third kappa shape index (κ3) is 6.23. The molecule has 0 bridgehead atoms. The van der Waals surface area contributed by atoms with E-state index in [0.29, 0.717) is 18.3 Å². The van der Waals surface area contributed by atoms with Gasteiger partial charge in [0.1, 0.15) is 0 Å². The Morgan fingerprint density at radius 3 is 2.44 bits per heavy atom. The van der Waals surface area contributed by atoms with Crippen molar-refractivity contribution in [3.8, 4) is 5.69 Å². The van der Waals surface area contributed by atoms with Crippen LogP contribution in [0.15, 0.2) is 79.1 Å². The Labute approximate surface area is 240 Å². The molecule has 0 radical (unpaired) electrons. The minimum Gasteiger partial charge on any atom is -0.348 e. The highest BCUT2D eigenvalue weighted by Crippen LogP contribution is 2.26. The Bertz CT molecular complexity index is 1510. The third-order valence-electron chi connectivity index (χ3n) is 8.20. The molecule has 2 aliphatic rings. The second-order valence-electron chi connectivity index (χ2n) is 10.9. The second kappa shape index (κ2) is 12.5. The minimum absolute atomic E-state index is 0.00824. The SMILES string of the molecule is O=C(/C=C/c1ccc(-n2nc(C(=O)N3CCC(N4CCCCC4)CC3)c3ccccc32)cc1)NCc1cccnc1. The van der Waals surface area contributed by atoms with Gasteiger partial charge in [-0.05, 0) is 80.2 Å². The largest absolute Gasteiger partial charge is 0.348 e. The van der Waals surface area contributed by atoms with Gasteiger partial charge in [-0.3, -0.25) is 14.6 Å². The fourth-order valence-electron chi connectivity index (χ4n) is 5.94. The van der Waals surface area contributed by atoms with Crippen LogP contribution in [0.4, 0.5) is 0 Å². The fraction of sp³-hybridized carbons (Fsp3) is 0.333. The van der Waals surface area contributed by atoms with Gasteiger partial charge in [0.15, 0.2) is 5.69 Å². The molecule has 6 rings (SSSR count). The molecule has 2 aromatic carbocycles. The molecule has 0 spiro atoms. The van der Waals surface area contributed by atoms with E-state index in [9.17, 15) is 9.59 Å². The molecular formula is C33H36N6O2. The molecule has 2 aromatic heterocycles. The first-order valence-corrected chi connectivity index (χ1v) is 14.6. The van der Waals surface area contributed by atoms with Crippen molar-refractivity contribution < 1.29 is 9.59 Å². The highest BCUT2D eigenvalue weighted by Gasteiger charge is 2.30. The Balaban J connectivity index is 1.13. The lowest BCUT2D eigenvalue weighted by Gasteiger charge is -2.40. The molecule has 2 fully saturated rings. The van der Waals surface area contributed by atoms with Crippen molar-refractivity contribution in [3.63, 3.8) is 0 Å². The van der Waals surface area contributed by atoms with Crippen LogP contribution in [0, 0.1) is 0 Å². The molecule has 0 atom stereocenters. The predicted octanol–water partition coefficient (Wildman–Crippen LogP) is 4.84. The van der Waals surface area contributed by atoms with E-state index in [0.717, 1.165) is 53.6 Å². The smallest absolute Gasteiger partial charge is 0.275 e. The summed E-state index contributed by atoms with van der Waals surface area (Å²) in [6.45, 7) is 4.37. The van der Waals surface area contributed by atoms with Crippen LogP contribution in [0.3, 0.4) is 0 Å². The molecule has 8 nitrogen and oxygen atoms in total. The number of aromatic nitrogens is 3. The number of pyridine rings is 1. The van der Waals surface area contributed by atoms with Gasteiger partial charge < -0.3 is 15.1 Å². The number of piperidine rings is 2. The zero-order chi connectivity index (χ0) is 28.0. The number of nitrogens with zero attached hydrogens (tertiary/aromatic N) is 5. The Morgan fingerprint density at radius 1 is 0.902 bits per heavy atom. The van der Waals surface area contributed by atoms with Gasteiger partial charge in [-0.2, -0.15) is 5.10 Å². The first-order chi connectivity index (χ1) is 20.2. The number of rotatable bonds is 7. The van der Waals surface area contributed by atoms with Gasteiger partial charge in [0.05, 0.1) is 11.2 Å². The van der Waals surface area contributed by atoms with Gasteiger partial charge >= 0.3 is 0 Å². The molecule has 2 saturated heterocycles. The molecule has 1 N–H and O–H groups in total. The van der Waals surface area contributed by atoms with Crippen molar-refractivity contribution in [3.05, 3.63) is 96.0 Å². The van der Waals surface area contributed by atoms with E-state index in [4.69, 9.17) is 5.10 Å². The van der Waals surface area contributed by atoms with Crippen molar-refractivity contribution in [2.45, 2.75) is 44.7 Å². The topological polar surface area (TPSA) is 83.4 Å².